The van der Waals surface area contributed by atoms with E-state index in [-0.39, 0.29) is 0 Å². The lowest BCUT2D eigenvalue weighted by Crippen LogP contribution is -2.22. The van der Waals surface area contributed by atoms with E-state index in [1.165, 1.54) is 0 Å². The third-order valence-electron chi connectivity index (χ3n) is 1.43. The molecule has 0 aliphatic carbocycles. The van der Waals surface area contributed by atoms with Gasteiger partial charge in [0.05, 0.1) is 13.3 Å². The summed E-state index contributed by atoms with van der Waals surface area (Å²) in [4.78, 5) is 0. The van der Waals surface area contributed by atoms with Gasteiger partial charge < -0.3 is 4.74 Å². The van der Waals surface area contributed by atoms with Crippen LogP contribution >= 0.6 is 0 Å². The lowest BCUT2D eigenvalue weighted by atomic mass is 10.2. The Kier molecular flexibility index (Phi) is 2.56. The molecule has 2 nitrogen and oxygen atoms in total. The Balaban J connectivity index is 2.06. The minimum Gasteiger partial charge on any atom is -0.365 e. The second-order valence-corrected chi connectivity index (χ2v) is 2.16. The molecule has 1 heterocycles. The smallest absolute Gasteiger partial charge is 0.0968 e. The van der Waals surface area contributed by atoms with Gasteiger partial charge in [-0.05, 0) is 6.42 Å². The Labute approximate surface area is 55.6 Å². The van der Waals surface area contributed by atoms with E-state index < -0.39 is 0 Å². The predicted molar refractivity (Wildman–Crippen MR) is 35.8 cm³/mol. The number of terminal acetylenes is 1. The second kappa shape index (κ2) is 3.49. The molecule has 0 aromatic carbocycles. The molecule has 0 amide bonds. The largest absolute Gasteiger partial charge is 0.365 e. The van der Waals surface area contributed by atoms with Crippen LogP contribution in [0.25, 0.3) is 0 Å². The van der Waals surface area contributed by atoms with Gasteiger partial charge in [0.1, 0.15) is 0 Å². The molecule has 1 unspecified atom stereocenters. The van der Waals surface area contributed by atoms with E-state index in [9.17, 15) is 0 Å². The molecule has 0 saturated carbocycles. The molecule has 1 N–H and O–H groups in total. The highest BCUT2D eigenvalue weighted by Crippen LogP contribution is 2.01. The Morgan fingerprint density at radius 3 is 3.22 bits per heavy atom. The van der Waals surface area contributed by atoms with Gasteiger partial charge in [-0.3, -0.25) is 5.32 Å². The molecule has 1 fully saturated rings. The lowest BCUT2D eigenvalue weighted by molar-refractivity contribution is 0.189. The average molecular weight is 125 g/mol. The lowest BCUT2D eigenvalue weighted by Gasteiger charge is -2.02. The Morgan fingerprint density at radius 1 is 1.78 bits per heavy atom. The monoisotopic (exact) mass is 125 g/mol. The summed E-state index contributed by atoms with van der Waals surface area (Å²) in [7, 11) is 0. The third-order valence-corrected chi connectivity index (χ3v) is 1.43. The van der Waals surface area contributed by atoms with Gasteiger partial charge in [0.15, 0.2) is 0 Å². The summed E-state index contributed by atoms with van der Waals surface area (Å²) in [6.07, 6.45) is 6.97. The fourth-order valence-electron chi connectivity index (χ4n) is 0.880. The van der Waals surface area contributed by atoms with E-state index in [1.54, 1.807) is 0 Å². The van der Waals surface area contributed by atoms with Crippen molar-refractivity contribution < 1.29 is 4.74 Å². The maximum absolute atomic E-state index is 5.09. The molecule has 1 atom stereocenters. The van der Waals surface area contributed by atoms with Crippen molar-refractivity contribution in [2.75, 3.05) is 13.3 Å². The van der Waals surface area contributed by atoms with Crippen molar-refractivity contribution in [3.63, 3.8) is 0 Å². The summed E-state index contributed by atoms with van der Waals surface area (Å²) in [5.41, 5.74) is 0. The highest BCUT2D eigenvalue weighted by atomic mass is 16.5. The van der Waals surface area contributed by atoms with Crippen LogP contribution in [0, 0.1) is 12.3 Å². The Bertz CT molecular complexity index is 111. The maximum atomic E-state index is 5.09. The average Bonchev–Trinajstić information content (AvgIpc) is 2.34. The molecule has 1 aliphatic heterocycles. The van der Waals surface area contributed by atoms with E-state index >= 15 is 0 Å². The highest BCUT2D eigenvalue weighted by molar-refractivity contribution is 4.86. The zero-order chi connectivity index (χ0) is 6.53. The third kappa shape index (κ3) is 2.05. The number of rotatable bonds is 2. The Hall–Kier alpha value is -0.520. The van der Waals surface area contributed by atoms with Crippen LogP contribution < -0.4 is 5.32 Å². The van der Waals surface area contributed by atoms with Crippen molar-refractivity contribution >= 4 is 0 Å². The summed E-state index contributed by atoms with van der Waals surface area (Å²) in [6, 6.07) is 0.501. The molecular weight excluding hydrogens is 114 g/mol. The van der Waals surface area contributed by atoms with Gasteiger partial charge in [-0.25, -0.2) is 0 Å². The van der Waals surface area contributed by atoms with Crippen LogP contribution in [-0.4, -0.2) is 19.4 Å². The number of hydrogen-bond acceptors (Lipinski definition) is 2. The van der Waals surface area contributed by atoms with Crippen LogP contribution in [0.15, 0.2) is 0 Å². The van der Waals surface area contributed by atoms with Gasteiger partial charge in [0.25, 0.3) is 0 Å². The molecule has 0 bridgehead atoms. The van der Waals surface area contributed by atoms with Crippen molar-refractivity contribution in [3.8, 4) is 12.3 Å². The molecule has 0 radical (unpaired) electrons. The van der Waals surface area contributed by atoms with Crippen LogP contribution in [-0.2, 0) is 4.74 Å². The quantitative estimate of drug-likeness (QED) is 0.537. The van der Waals surface area contributed by atoms with Crippen LogP contribution in [0.1, 0.15) is 12.8 Å². The fourth-order valence-corrected chi connectivity index (χ4v) is 0.880. The minimum atomic E-state index is 0.501. The maximum Gasteiger partial charge on any atom is 0.0968 e. The SMILES string of the molecule is C#CCCC1COCN1. The number of nitrogens with one attached hydrogen (secondary N) is 1. The fraction of sp³-hybridized carbons (Fsp3) is 0.714. The summed E-state index contributed by atoms with van der Waals surface area (Å²) < 4.78 is 5.07. The molecule has 0 spiro atoms. The Morgan fingerprint density at radius 2 is 2.67 bits per heavy atom. The van der Waals surface area contributed by atoms with Gasteiger partial charge in [-0.15, -0.1) is 12.3 Å². The first-order valence-electron chi connectivity index (χ1n) is 3.18. The standard InChI is InChI=1S/C7H11NO/c1-2-3-4-7-5-9-6-8-7/h1,7-8H,3-6H2. The summed E-state index contributed by atoms with van der Waals surface area (Å²) >= 11 is 0. The molecular formula is C7H11NO. The molecule has 0 aromatic heterocycles. The van der Waals surface area contributed by atoms with E-state index in [1.807, 2.05) is 0 Å². The van der Waals surface area contributed by atoms with Crippen molar-refractivity contribution in [2.45, 2.75) is 18.9 Å². The second-order valence-electron chi connectivity index (χ2n) is 2.16. The first-order chi connectivity index (χ1) is 4.43. The predicted octanol–water partition coefficient (Wildman–Crippen LogP) is 0.346. The van der Waals surface area contributed by atoms with Crippen LogP contribution in [0.5, 0.6) is 0 Å². The van der Waals surface area contributed by atoms with Gasteiger partial charge in [-0.1, -0.05) is 0 Å². The molecule has 2 heteroatoms. The topological polar surface area (TPSA) is 21.3 Å². The van der Waals surface area contributed by atoms with E-state index in [0.29, 0.717) is 12.8 Å². The zero-order valence-corrected chi connectivity index (χ0v) is 5.39. The molecule has 1 saturated heterocycles. The van der Waals surface area contributed by atoms with Crippen molar-refractivity contribution in [2.24, 2.45) is 0 Å². The van der Waals surface area contributed by atoms with Crippen LogP contribution in [0.4, 0.5) is 0 Å². The van der Waals surface area contributed by atoms with E-state index in [2.05, 4.69) is 11.2 Å². The van der Waals surface area contributed by atoms with Crippen molar-refractivity contribution in [1.82, 2.24) is 5.32 Å². The van der Waals surface area contributed by atoms with E-state index in [4.69, 9.17) is 11.2 Å². The number of hydrogen-bond donors (Lipinski definition) is 1. The molecule has 0 aromatic rings. The van der Waals surface area contributed by atoms with E-state index in [0.717, 1.165) is 19.4 Å². The first-order valence-corrected chi connectivity index (χ1v) is 3.18. The molecule has 1 rings (SSSR count). The van der Waals surface area contributed by atoms with Gasteiger partial charge in [-0.2, -0.15) is 0 Å². The van der Waals surface area contributed by atoms with Gasteiger partial charge in [0.2, 0.25) is 0 Å². The summed E-state index contributed by atoms with van der Waals surface area (Å²) in [5.74, 6) is 2.60. The summed E-state index contributed by atoms with van der Waals surface area (Å²) in [6.45, 7) is 1.51. The molecule has 9 heavy (non-hydrogen) atoms. The number of ether oxygens (including phenoxy) is 1. The van der Waals surface area contributed by atoms with Crippen LogP contribution in [0.2, 0.25) is 0 Å². The zero-order valence-electron chi connectivity index (χ0n) is 5.39. The molecule has 1 aliphatic rings. The molecule has 50 valence electrons. The van der Waals surface area contributed by atoms with Crippen molar-refractivity contribution in [3.05, 3.63) is 0 Å². The normalized spacial score (nSPS) is 25.9. The van der Waals surface area contributed by atoms with Gasteiger partial charge in [0, 0.05) is 12.5 Å². The summed E-state index contributed by atoms with van der Waals surface area (Å²) in [5, 5.41) is 3.17. The first kappa shape index (κ1) is 6.60. The highest BCUT2D eigenvalue weighted by Gasteiger charge is 2.12. The minimum absolute atomic E-state index is 0.501. The van der Waals surface area contributed by atoms with Crippen LogP contribution in [0.3, 0.4) is 0 Å². The van der Waals surface area contributed by atoms with Gasteiger partial charge >= 0.3 is 0 Å². The van der Waals surface area contributed by atoms with Crippen molar-refractivity contribution in [1.29, 1.82) is 0 Å².